The summed E-state index contributed by atoms with van der Waals surface area (Å²) < 4.78 is 7.57. The number of likely N-dealkylation sites (tertiary alicyclic amines) is 1. The first kappa shape index (κ1) is 20.3. The van der Waals surface area contributed by atoms with Crippen LogP contribution in [0.1, 0.15) is 42.3 Å². The van der Waals surface area contributed by atoms with Crippen molar-refractivity contribution in [1.82, 2.24) is 14.5 Å². The molecule has 1 aliphatic heterocycles. The van der Waals surface area contributed by atoms with Crippen LogP contribution < -0.4 is 4.74 Å². The van der Waals surface area contributed by atoms with Gasteiger partial charge in [0.1, 0.15) is 11.6 Å². The standard InChI is InChI=1S/C27H27N3O2/c1-19(21-8-4-3-5-9-21)29-18-22(16-26(29)31)27-28-24-10-6-7-11-25(24)30(27)17-20-12-14-23(32-2)15-13-20/h3-15,19,22H,16-18H2,1-2H3. The Kier molecular flexibility index (Phi) is 5.39. The van der Waals surface area contributed by atoms with E-state index in [1.165, 1.54) is 5.56 Å². The summed E-state index contributed by atoms with van der Waals surface area (Å²) in [6.07, 6.45) is 0.489. The van der Waals surface area contributed by atoms with Gasteiger partial charge in [0.25, 0.3) is 0 Å². The fourth-order valence-corrected chi connectivity index (χ4v) is 4.68. The Morgan fingerprint density at radius 1 is 1.00 bits per heavy atom. The van der Waals surface area contributed by atoms with E-state index in [-0.39, 0.29) is 17.9 Å². The van der Waals surface area contributed by atoms with Crippen LogP contribution in [-0.2, 0) is 11.3 Å². The Bertz CT molecular complexity index is 1230. The predicted molar refractivity (Wildman–Crippen MR) is 126 cm³/mol. The summed E-state index contributed by atoms with van der Waals surface area (Å²) in [5.41, 5.74) is 4.40. The highest BCUT2D eigenvalue weighted by Crippen LogP contribution is 2.35. The van der Waals surface area contributed by atoms with Gasteiger partial charge in [0.15, 0.2) is 0 Å². The van der Waals surface area contributed by atoms with Gasteiger partial charge in [-0.1, -0.05) is 54.6 Å². The summed E-state index contributed by atoms with van der Waals surface area (Å²) in [5, 5.41) is 0. The van der Waals surface area contributed by atoms with Gasteiger partial charge in [-0.2, -0.15) is 0 Å². The van der Waals surface area contributed by atoms with Gasteiger partial charge in [0, 0.05) is 25.4 Å². The first-order valence-electron chi connectivity index (χ1n) is 11.1. The molecular formula is C27H27N3O2. The third-order valence-corrected chi connectivity index (χ3v) is 6.46. The topological polar surface area (TPSA) is 47.4 Å². The molecule has 5 heteroatoms. The fourth-order valence-electron chi connectivity index (χ4n) is 4.68. The van der Waals surface area contributed by atoms with Crippen molar-refractivity contribution in [2.45, 2.75) is 31.8 Å². The van der Waals surface area contributed by atoms with E-state index >= 15 is 0 Å². The van der Waals surface area contributed by atoms with Gasteiger partial charge < -0.3 is 14.2 Å². The second kappa shape index (κ2) is 8.50. The SMILES string of the molecule is COc1ccc(Cn2c(C3CC(=O)N(C(C)c4ccccc4)C3)nc3ccccc32)cc1. The maximum Gasteiger partial charge on any atom is 0.223 e. The number of benzene rings is 3. The number of ether oxygens (including phenoxy) is 1. The van der Waals surface area contributed by atoms with Crippen molar-refractivity contribution in [2.75, 3.05) is 13.7 Å². The summed E-state index contributed by atoms with van der Waals surface area (Å²) in [6.45, 7) is 3.50. The van der Waals surface area contributed by atoms with Crippen molar-refractivity contribution in [3.8, 4) is 5.75 Å². The smallest absolute Gasteiger partial charge is 0.223 e. The second-order valence-corrected chi connectivity index (χ2v) is 8.43. The number of hydrogen-bond acceptors (Lipinski definition) is 3. The highest BCUT2D eigenvalue weighted by Gasteiger charge is 2.36. The predicted octanol–water partition coefficient (Wildman–Crippen LogP) is 5.17. The summed E-state index contributed by atoms with van der Waals surface area (Å²) in [4.78, 5) is 20.0. The van der Waals surface area contributed by atoms with Gasteiger partial charge in [-0.3, -0.25) is 4.79 Å². The summed E-state index contributed by atoms with van der Waals surface area (Å²) >= 11 is 0. The largest absolute Gasteiger partial charge is 0.497 e. The van der Waals surface area contributed by atoms with Crippen molar-refractivity contribution < 1.29 is 9.53 Å². The zero-order valence-corrected chi connectivity index (χ0v) is 18.4. The zero-order valence-electron chi connectivity index (χ0n) is 18.4. The van der Waals surface area contributed by atoms with Gasteiger partial charge in [0.05, 0.1) is 24.2 Å². The third kappa shape index (κ3) is 3.75. The first-order chi connectivity index (χ1) is 15.6. The van der Waals surface area contributed by atoms with Gasteiger partial charge in [0.2, 0.25) is 5.91 Å². The molecule has 0 spiro atoms. The lowest BCUT2D eigenvalue weighted by atomic mass is 10.1. The van der Waals surface area contributed by atoms with Crippen LogP contribution >= 0.6 is 0 Å². The number of aromatic nitrogens is 2. The van der Waals surface area contributed by atoms with Crippen LogP contribution in [0.15, 0.2) is 78.9 Å². The molecule has 162 valence electrons. The minimum Gasteiger partial charge on any atom is -0.497 e. The number of carbonyl (C=O) groups excluding carboxylic acids is 1. The van der Waals surface area contributed by atoms with Gasteiger partial charge in [-0.15, -0.1) is 0 Å². The molecule has 2 heterocycles. The average molecular weight is 426 g/mol. The van der Waals surface area contributed by atoms with Crippen molar-refractivity contribution in [1.29, 1.82) is 0 Å². The van der Waals surface area contributed by atoms with E-state index in [0.29, 0.717) is 19.5 Å². The van der Waals surface area contributed by atoms with E-state index < -0.39 is 0 Å². The van der Waals surface area contributed by atoms with E-state index in [1.807, 2.05) is 53.4 Å². The monoisotopic (exact) mass is 425 g/mol. The van der Waals surface area contributed by atoms with Gasteiger partial charge in [-0.05, 0) is 42.3 Å². The lowest BCUT2D eigenvalue weighted by Crippen LogP contribution is -2.28. The summed E-state index contributed by atoms with van der Waals surface area (Å²) in [7, 11) is 1.68. The molecule has 1 fully saturated rings. The maximum absolute atomic E-state index is 13.0. The van der Waals surface area contributed by atoms with E-state index in [1.54, 1.807) is 7.11 Å². The Balaban J connectivity index is 1.47. The molecule has 3 aromatic carbocycles. The number of imidazole rings is 1. The Labute approximate surface area is 188 Å². The highest BCUT2D eigenvalue weighted by molar-refractivity contribution is 5.81. The molecule has 2 unspecified atom stereocenters. The van der Waals surface area contributed by atoms with Crippen LogP contribution in [0, 0.1) is 0 Å². The number of fused-ring (bicyclic) bond motifs is 1. The normalized spacial score (nSPS) is 17.1. The highest BCUT2D eigenvalue weighted by atomic mass is 16.5. The van der Waals surface area contributed by atoms with Crippen LogP contribution in [0.2, 0.25) is 0 Å². The van der Waals surface area contributed by atoms with E-state index in [4.69, 9.17) is 9.72 Å². The number of nitrogens with zero attached hydrogens (tertiary/aromatic N) is 3. The number of para-hydroxylation sites is 2. The molecule has 1 saturated heterocycles. The maximum atomic E-state index is 13.0. The third-order valence-electron chi connectivity index (χ3n) is 6.46. The van der Waals surface area contributed by atoms with Crippen LogP contribution in [0.25, 0.3) is 11.0 Å². The quantitative estimate of drug-likeness (QED) is 0.428. The van der Waals surface area contributed by atoms with E-state index in [9.17, 15) is 4.79 Å². The lowest BCUT2D eigenvalue weighted by molar-refractivity contribution is -0.129. The number of carbonyl (C=O) groups is 1. The molecular weight excluding hydrogens is 398 g/mol. The second-order valence-electron chi connectivity index (χ2n) is 8.43. The summed E-state index contributed by atoms with van der Waals surface area (Å²) in [6, 6.07) is 26.6. The molecule has 0 radical (unpaired) electrons. The van der Waals surface area contributed by atoms with E-state index in [2.05, 4.69) is 41.8 Å². The number of amides is 1. The van der Waals surface area contributed by atoms with Crippen molar-refractivity contribution in [2.24, 2.45) is 0 Å². The van der Waals surface area contributed by atoms with Gasteiger partial charge in [-0.25, -0.2) is 4.98 Å². The molecule has 32 heavy (non-hydrogen) atoms. The number of methoxy groups -OCH3 is 1. The molecule has 5 rings (SSSR count). The number of rotatable bonds is 6. The lowest BCUT2D eigenvalue weighted by Gasteiger charge is -2.25. The average Bonchev–Trinajstić information content (AvgIpc) is 3.40. The van der Waals surface area contributed by atoms with Crippen LogP contribution in [0.3, 0.4) is 0 Å². The Morgan fingerprint density at radius 2 is 1.72 bits per heavy atom. The molecule has 1 aromatic heterocycles. The molecule has 4 aromatic rings. The van der Waals surface area contributed by atoms with E-state index in [0.717, 1.165) is 28.2 Å². The van der Waals surface area contributed by atoms with Crippen molar-refractivity contribution in [3.05, 3.63) is 95.8 Å². The Morgan fingerprint density at radius 3 is 2.47 bits per heavy atom. The van der Waals surface area contributed by atoms with Gasteiger partial charge >= 0.3 is 0 Å². The summed E-state index contributed by atoms with van der Waals surface area (Å²) in [5.74, 6) is 2.09. The van der Waals surface area contributed by atoms with Crippen molar-refractivity contribution in [3.63, 3.8) is 0 Å². The Hall–Kier alpha value is -3.60. The van der Waals surface area contributed by atoms with Crippen LogP contribution in [0.5, 0.6) is 5.75 Å². The molecule has 0 saturated carbocycles. The molecule has 0 aliphatic carbocycles. The molecule has 5 nitrogen and oxygen atoms in total. The molecule has 1 amide bonds. The zero-order chi connectivity index (χ0) is 22.1. The molecule has 0 bridgehead atoms. The van der Waals surface area contributed by atoms with Crippen molar-refractivity contribution >= 4 is 16.9 Å². The minimum absolute atomic E-state index is 0.0492. The molecule has 2 atom stereocenters. The van der Waals surface area contributed by atoms with Crippen LogP contribution in [-0.4, -0.2) is 34.0 Å². The number of hydrogen-bond donors (Lipinski definition) is 0. The molecule has 0 N–H and O–H groups in total. The van der Waals surface area contributed by atoms with Crippen LogP contribution in [0.4, 0.5) is 0 Å². The first-order valence-corrected chi connectivity index (χ1v) is 11.1. The minimum atomic E-state index is 0.0492. The molecule has 1 aliphatic rings. The fraction of sp³-hybridized carbons (Fsp3) is 0.259.